The van der Waals surface area contributed by atoms with Gasteiger partial charge in [-0.15, -0.1) is 0 Å². The molecule has 0 unspecified atom stereocenters. The molecule has 0 spiro atoms. The number of rotatable bonds is 6. The number of carbonyl (C=O) groups is 1. The van der Waals surface area contributed by atoms with E-state index in [2.05, 4.69) is 43.8 Å². The largest absolute Gasteiger partial charge is 0.444 e. The lowest BCUT2D eigenvalue weighted by molar-refractivity contribution is 0.0104. The van der Waals surface area contributed by atoms with E-state index >= 15 is 0 Å². The van der Waals surface area contributed by atoms with Crippen molar-refractivity contribution in [3.05, 3.63) is 36.0 Å². The summed E-state index contributed by atoms with van der Waals surface area (Å²) in [6.07, 6.45) is 1.54. The molecule has 3 aliphatic rings. The van der Waals surface area contributed by atoms with Crippen molar-refractivity contribution in [2.75, 3.05) is 61.0 Å². The summed E-state index contributed by atoms with van der Waals surface area (Å²) in [5.74, 6) is 2.34. The number of anilines is 3. The summed E-state index contributed by atoms with van der Waals surface area (Å²) < 4.78 is 11.0. The fourth-order valence-electron chi connectivity index (χ4n) is 4.21. The Labute approximate surface area is 210 Å². The number of aromatic nitrogens is 2. The van der Waals surface area contributed by atoms with Crippen LogP contribution in [0.1, 0.15) is 26.3 Å². The number of amides is 1. The molecule has 188 valence electrons. The van der Waals surface area contributed by atoms with Gasteiger partial charge >= 0.3 is 6.09 Å². The topological polar surface area (TPSA) is 95.1 Å². The predicted molar refractivity (Wildman–Crippen MR) is 137 cm³/mol. The third-order valence-electron chi connectivity index (χ3n) is 5.90. The van der Waals surface area contributed by atoms with Gasteiger partial charge in [-0.25, -0.2) is 14.8 Å². The molecule has 2 N–H and O–H groups in total. The number of nitrogens with zero attached hydrogens (tertiary/aromatic N) is 5. The fraction of sp³-hybridized carbons (Fsp3) is 0.542. The van der Waals surface area contributed by atoms with E-state index in [1.54, 1.807) is 16.7 Å². The van der Waals surface area contributed by atoms with Crippen molar-refractivity contribution < 1.29 is 14.3 Å². The molecule has 5 heterocycles. The van der Waals surface area contributed by atoms with Gasteiger partial charge in [-0.05, 0) is 50.6 Å². The molecule has 10 nitrogen and oxygen atoms in total. The van der Waals surface area contributed by atoms with Gasteiger partial charge in [0, 0.05) is 38.9 Å². The highest BCUT2D eigenvalue weighted by molar-refractivity contribution is 7.99. The highest BCUT2D eigenvalue weighted by Gasteiger charge is 2.34. The second kappa shape index (κ2) is 10.1. The fourth-order valence-corrected chi connectivity index (χ4v) is 5.12. The standard InChI is InChI=1S/C24H33N7O3S/c1-24(2,3)34-23(32)30-14-18(15-30)26-20-11-17(13-29-7-9-33-10-8-29)12-21(27-20)28-31-16-35-22-19(31)5-4-6-25-22/h4-6,11-12,18H,7-10,13-16H2,1-3H3,(H2,26,27,28). The number of carbonyl (C=O) groups excluding carboxylic acids is 1. The van der Waals surface area contributed by atoms with Gasteiger partial charge in [-0.1, -0.05) is 11.8 Å². The van der Waals surface area contributed by atoms with E-state index in [0.717, 1.165) is 61.1 Å². The van der Waals surface area contributed by atoms with Crippen molar-refractivity contribution in [2.24, 2.45) is 0 Å². The molecule has 0 saturated carbocycles. The van der Waals surface area contributed by atoms with Gasteiger partial charge in [0.25, 0.3) is 0 Å². The Bertz CT molecular complexity index is 1050. The molecular formula is C24H33N7O3S. The number of hydrogen-bond donors (Lipinski definition) is 2. The zero-order valence-corrected chi connectivity index (χ0v) is 21.3. The maximum absolute atomic E-state index is 12.3. The Kier molecular flexibility index (Phi) is 6.90. The molecule has 0 aromatic carbocycles. The zero-order chi connectivity index (χ0) is 24.4. The van der Waals surface area contributed by atoms with Gasteiger partial charge in [0.1, 0.15) is 22.3 Å². The van der Waals surface area contributed by atoms with Crippen molar-refractivity contribution >= 4 is 35.2 Å². The average Bonchev–Trinajstić information content (AvgIpc) is 3.18. The molecule has 5 rings (SSSR count). The smallest absolute Gasteiger partial charge is 0.410 e. The summed E-state index contributed by atoms with van der Waals surface area (Å²) in [6, 6.07) is 8.35. The van der Waals surface area contributed by atoms with Gasteiger partial charge in [0.05, 0.1) is 30.8 Å². The summed E-state index contributed by atoms with van der Waals surface area (Å²) in [5, 5.41) is 6.60. The number of nitrogens with one attached hydrogen (secondary N) is 2. The molecule has 2 saturated heterocycles. The second-order valence-electron chi connectivity index (χ2n) is 10.0. The molecule has 1 amide bonds. The quantitative estimate of drug-likeness (QED) is 0.617. The van der Waals surface area contributed by atoms with Gasteiger partial charge in [0.15, 0.2) is 0 Å². The number of hydrazine groups is 1. The summed E-state index contributed by atoms with van der Waals surface area (Å²) in [4.78, 5) is 25.7. The highest BCUT2D eigenvalue weighted by Crippen LogP contribution is 2.36. The number of ether oxygens (including phenoxy) is 2. The molecular weight excluding hydrogens is 466 g/mol. The molecule has 2 aromatic heterocycles. The maximum Gasteiger partial charge on any atom is 0.410 e. The van der Waals surface area contributed by atoms with Crippen molar-refractivity contribution in [2.45, 2.75) is 44.0 Å². The molecule has 0 radical (unpaired) electrons. The summed E-state index contributed by atoms with van der Waals surface area (Å²) in [7, 11) is 0. The van der Waals surface area contributed by atoms with Gasteiger partial charge < -0.3 is 19.7 Å². The van der Waals surface area contributed by atoms with Crippen LogP contribution in [0.2, 0.25) is 0 Å². The molecule has 2 aromatic rings. The van der Waals surface area contributed by atoms with E-state index in [0.29, 0.717) is 13.1 Å². The Morgan fingerprint density at radius 2 is 2.00 bits per heavy atom. The Balaban J connectivity index is 1.28. The minimum atomic E-state index is -0.493. The van der Waals surface area contributed by atoms with Crippen LogP contribution in [0.4, 0.5) is 22.1 Å². The number of hydrogen-bond acceptors (Lipinski definition) is 10. The lowest BCUT2D eigenvalue weighted by Gasteiger charge is -2.40. The lowest BCUT2D eigenvalue weighted by Crippen LogP contribution is -2.58. The van der Waals surface area contributed by atoms with Crippen molar-refractivity contribution in [3.8, 4) is 0 Å². The minimum Gasteiger partial charge on any atom is -0.444 e. The number of likely N-dealkylation sites (tertiary alicyclic amines) is 1. The monoisotopic (exact) mass is 499 g/mol. The third kappa shape index (κ3) is 6.09. The van der Waals surface area contributed by atoms with Crippen LogP contribution in [0.25, 0.3) is 0 Å². The number of fused-ring (bicyclic) bond motifs is 1. The van der Waals surface area contributed by atoms with Crippen LogP contribution in [0.3, 0.4) is 0 Å². The summed E-state index contributed by atoms with van der Waals surface area (Å²) in [5.41, 5.74) is 5.21. The zero-order valence-electron chi connectivity index (χ0n) is 20.5. The van der Waals surface area contributed by atoms with Crippen molar-refractivity contribution in [3.63, 3.8) is 0 Å². The number of morpholine rings is 1. The Morgan fingerprint density at radius 1 is 1.23 bits per heavy atom. The van der Waals surface area contributed by atoms with E-state index in [-0.39, 0.29) is 12.1 Å². The number of pyridine rings is 2. The molecule has 11 heteroatoms. The molecule has 2 fully saturated rings. The minimum absolute atomic E-state index is 0.133. The molecule has 0 aliphatic carbocycles. The van der Waals surface area contributed by atoms with Gasteiger partial charge in [-0.2, -0.15) is 0 Å². The number of thioether (sulfide) groups is 1. The van der Waals surface area contributed by atoms with E-state index in [9.17, 15) is 4.79 Å². The van der Waals surface area contributed by atoms with E-state index in [1.165, 1.54) is 5.56 Å². The Hall–Kier alpha value is -2.76. The summed E-state index contributed by atoms with van der Waals surface area (Å²) >= 11 is 1.70. The first-order chi connectivity index (χ1) is 16.8. The first kappa shape index (κ1) is 24.0. The SMILES string of the molecule is CC(C)(C)OC(=O)N1CC(Nc2cc(CN3CCOCC3)cc(NN3CSc4ncccc43)n2)C1. The normalized spacial score (nSPS) is 18.7. The molecule has 3 aliphatic heterocycles. The highest BCUT2D eigenvalue weighted by atomic mass is 32.2. The summed E-state index contributed by atoms with van der Waals surface area (Å²) in [6.45, 7) is 11.0. The molecule has 35 heavy (non-hydrogen) atoms. The van der Waals surface area contributed by atoms with E-state index in [1.807, 2.05) is 33.0 Å². The lowest BCUT2D eigenvalue weighted by atomic mass is 10.1. The second-order valence-corrected chi connectivity index (χ2v) is 10.9. The van der Waals surface area contributed by atoms with Crippen LogP contribution in [0, 0.1) is 0 Å². The van der Waals surface area contributed by atoms with Crippen LogP contribution in [0.15, 0.2) is 35.5 Å². The van der Waals surface area contributed by atoms with Crippen LogP contribution in [0.5, 0.6) is 0 Å². The van der Waals surface area contributed by atoms with Gasteiger partial charge in [0.2, 0.25) is 0 Å². The van der Waals surface area contributed by atoms with Crippen LogP contribution in [-0.4, -0.2) is 82.8 Å². The first-order valence-electron chi connectivity index (χ1n) is 12.0. The van der Waals surface area contributed by atoms with Crippen molar-refractivity contribution in [1.82, 2.24) is 19.8 Å². The Morgan fingerprint density at radius 3 is 2.77 bits per heavy atom. The van der Waals surface area contributed by atoms with Gasteiger partial charge in [-0.3, -0.25) is 15.3 Å². The average molecular weight is 500 g/mol. The van der Waals surface area contributed by atoms with Crippen LogP contribution < -0.4 is 15.8 Å². The predicted octanol–water partition coefficient (Wildman–Crippen LogP) is 3.24. The maximum atomic E-state index is 12.3. The van der Waals surface area contributed by atoms with E-state index in [4.69, 9.17) is 14.5 Å². The van der Waals surface area contributed by atoms with Crippen LogP contribution in [-0.2, 0) is 16.0 Å². The first-order valence-corrected chi connectivity index (χ1v) is 13.0. The van der Waals surface area contributed by atoms with E-state index < -0.39 is 5.60 Å². The molecule has 0 bridgehead atoms. The van der Waals surface area contributed by atoms with Crippen molar-refractivity contribution in [1.29, 1.82) is 0 Å². The van der Waals surface area contributed by atoms with Crippen LogP contribution >= 0.6 is 11.8 Å². The third-order valence-corrected chi connectivity index (χ3v) is 6.88. The molecule has 0 atom stereocenters.